The molecule has 2 unspecified atom stereocenters. The van der Waals surface area contributed by atoms with Gasteiger partial charge in [0.25, 0.3) is 0 Å². The standard InChI is InChI=1S/C14H21N/c1-4-12(3)11-15-14(5-2)13-9-7-6-8-10-13/h5-10,12,14-15H,2,4,11H2,1,3H3. The minimum Gasteiger partial charge on any atom is -0.306 e. The lowest BCUT2D eigenvalue weighted by Crippen LogP contribution is -2.24. The van der Waals surface area contributed by atoms with Crippen LogP contribution in [0.2, 0.25) is 0 Å². The fraction of sp³-hybridized carbons (Fsp3) is 0.429. The Morgan fingerprint density at radius 3 is 2.53 bits per heavy atom. The first-order valence-electron chi connectivity index (χ1n) is 5.68. The van der Waals surface area contributed by atoms with Crippen molar-refractivity contribution in [1.29, 1.82) is 0 Å². The van der Waals surface area contributed by atoms with Crippen LogP contribution in [-0.4, -0.2) is 6.54 Å². The van der Waals surface area contributed by atoms with E-state index < -0.39 is 0 Å². The van der Waals surface area contributed by atoms with Crippen molar-refractivity contribution < 1.29 is 0 Å². The van der Waals surface area contributed by atoms with Gasteiger partial charge in [0, 0.05) is 0 Å². The Bertz CT molecular complexity index is 279. The molecule has 0 aliphatic rings. The fourth-order valence-corrected chi connectivity index (χ4v) is 1.47. The minimum absolute atomic E-state index is 0.278. The molecule has 0 aliphatic carbocycles. The molecule has 0 aromatic heterocycles. The molecule has 0 amide bonds. The Labute approximate surface area is 93.2 Å². The minimum atomic E-state index is 0.278. The lowest BCUT2D eigenvalue weighted by Gasteiger charge is -2.17. The molecule has 0 fully saturated rings. The zero-order valence-electron chi connectivity index (χ0n) is 9.74. The lowest BCUT2D eigenvalue weighted by atomic mass is 10.1. The van der Waals surface area contributed by atoms with Crippen LogP contribution < -0.4 is 5.32 Å². The van der Waals surface area contributed by atoms with Crippen LogP contribution in [0.3, 0.4) is 0 Å². The SMILES string of the molecule is C=CC(NCC(C)CC)c1ccccc1. The van der Waals surface area contributed by atoms with Crippen LogP contribution in [0.4, 0.5) is 0 Å². The first-order chi connectivity index (χ1) is 7.27. The van der Waals surface area contributed by atoms with Crippen molar-refractivity contribution in [3.8, 4) is 0 Å². The van der Waals surface area contributed by atoms with E-state index in [1.165, 1.54) is 12.0 Å². The Balaban J connectivity index is 2.53. The van der Waals surface area contributed by atoms with Crippen molar-refractivity contribution in [2.75, 3.05) is 6.54 Å². The monoisotopic (exact) mass is 203 g/mol. The summed E-state index contributed by atoms with van der Waals surface area (Å²) in [5, 5.41) is 3.52. The first-order valence-corrected chi connectivity index (χ1v) is 5.68. The molecular weight excluding hydrogens is 182 g/mol. The van der Waals surface area contributed by atoms with E-state index >= 15 is 0 Å². The Morgan fingerprint density at radius 1 is 1.33 bits per heavy atom. The zero-order valence-corrected chi connectivity index (χ0v) is 9.74. The van der Waals surface area contributed by atoms with E-state index in [1.807, 2.05) is 12.1 Å². The van der Waals surface area contributed by atoms with E-state index in [4.69, 9.17) is 0 Å². The van der Waals surface area contributed by atoms with E-state index in [0.717, 1.165) is 12.5 Å². The highest BCUT2D eigenvalue weighted by Gasteiger charge is 2.07. The molecule has 0 saturated heterocycles. The molecule has 0 heterocycles. The average Bonchev–Trinajstić information content (AvgIpc) is 2.31. The van der Waals surface area contributed by atoms with Crippen molar-refractivity contribution in [2.45, 2.75) is 26.3 Å². The van der Waals surface area contributed by atoms with Crippen LogP contribution in [0, 0.1) is 5.92 Å². The fourth-order valence-electron chi connectivity index (χ4n) is 1.47. The maximum atomic E-state index is 3.88. The van der Waals surface area contributed by atoms with Gasteiger partial charge in [-0.3, -0.25) is 0 Å². The number of benzene rings is 1. The molecule has 1 N–H and O–H groups in total. The maximum Gasteiger partial charge on any atom is 0.0503 e. The predicted molar refractivity (Wildman–Crippen MR) is 66.8 cm³/mol. The van der Waals surface area contributed by atoms with Gasteiger partial charge in [-0.15, -0.1) is 6.58 Å². The van der Waals surface area contributed by atoms with Gasteiger partial charge >= 0.3 is 0 Å². The Kier molecular flexibility index (Phi) is 5.13. The van der Waals surface area contributed by atoms with Gasteiger partial charge in [-0.2, -0.15) is 0 Å². The number of hydrogen-bond donors (Lipinski definition) is 1. The van der Waals surface area contributed by atoms with E-state index in [-0.39, 0.29) is 6.04 Å². The van der Waals surface area contributed by atoms with E-state index in [1.54, 1.807) is 0 Å². The largest absolute Gasteiger partial charge is 0.306 e. The topological polar surface area (TPSA) is 12.0 Å². The highest BCUT2D eigenvalue weighted by Crippen LogP contribution is 2.13. The Hall–Kier alpha value is -1.08. The molecule has 0 radical (unpaired) electrons. The quantitative estimate of drug-likeness (QED) is 0.697. The molecule has 2 atom stereocenters. The summed E-state index contributed by atoms with van der Waals surface area (Å²) in [5.74, 6) is 0.719. The van der Waals surface area contributed by atoms with E-state index in [0.29, 0.717) is 0 Å². The predicted octanol–water partition coefficient (Wildman–Crippen LogP) is 3.55. The molecule has 1 aromatic rings. The second-order valence-corrected chi connectivity index (χ2v) is 4.05. The molecule has 0 spiro atoms. The molecule has 0 bridgehead atoms. The van der Waals surface area contributed by atoms with E-state index in [2.05, 4.69) is 50.0 Å². The summed E-state index contributed by atoms with van der Waals surface area (Å²) >= 11 is 0. The zero-order chi connectivity index (χ0) is 11.1. The molecule has 1 aromatic carbocycles. The molecule has 0 aliphatic heterocycles. The van der Waals surface area contributed by atoms with Crippen molar-refractivity contribution in [1.82, 2.24) is 5.32 Å². The summed E-state index contributed by atoms with van der Waals surface area (Å²) in [6.07, 6.45) is 3.18. The number of nitrogens with one attached hydrogen (secondary N) is 1. The van der Waals surface area contributed by atoms with Crippen molar-refractivity contribution >= 4 is 0 Å². The summed E-state index contributed by atoms with van der Waals surface area (Å²) in [6.45, 7) is 9.40. The van der Waals surface area contributed by atoms with Crippen LogP contribution in [0.15, 0.2) is 43.0 Å². The average molecular weight is 203 g/mol. The van der Waals surface area contributed by atoms with Gasteiger partial charge in [-0.05, 0) is 18.0 Å². The highest BCUT2D eigenvalue weighted by molar-refractivity contribution is 5.22. The molecule has 15 heavy (non-hydrogen) atoms. The summed E-state index contributed by atoms with van der Waals surface area (Å²) in [6, 6.07) is 10.7. The lowest BCUT2D eigenvalue weighted by molar-refractivity contribution is 0.478. The van der Waals surface area contributed by atoms with Crippen LogP contribution in [0.1, 0.15) is 31.9 Å². The molecule has 0 saturated carbocycles. The van der Waals surface area contributed by atoms with Gasteiger partial charge < -0.3 is 5.32 Å². The second kappa shape index (κ2) is 6.41. The van der Waals surface area contributed by atoms with Gasteiger partial charge in [0.2, 0.25) is 0 Å². The van der Waals surface area contributed by atoms with Gasteiger partial charge in [-0.1, -0.05) is 56.7 Å². The second-order valence-electron chi connectivity index (χ2n) is 4.05. The Morgan fingerprint density at radius 2 is 2.00 bits per heavy atom. The van der Waals surface area contributed by atoms with Gasteiger partial charge in [-0.25, -0.2) is 0 Å². The van der Waals surface area contributed by atoms with Crippen molar-refractivity contribution in [3.05, 3.63) is 48.6 Å². The van der Waals surface area contributed by atoms with Crippen molar-refractivity contribution in [2.24, 2.45) is 5.92 Å². The summed E-state index contributed by atoms with van der Waals surface area (Å²) in [7, 11) is 0. The first kappa shape index (κ1) is 12.0. The highest BCUT2D eigenvalue weighted by atomic mass is 14.9. The van der Waals surface area contributed by atoms with Crippen LogP contribution >= 0.6 is 0 Å². The molecule has 1 heteroatoms. The third-order valence-electron chi connectivity index (χ3n) is 2.78. The van der Waals surface area contributed by atoms with Crippen LogP contribution in [-0.2, 0) is 0 Å². The third-order valence-corrected chi connectivity index (χ3v) is 2.78. The molecular formula is C14H21N. The normalized spacial score (nSPS) is 14.5. The number of rotatable bonds is 6. The van der Waals surface area contributed by atoms with E-state index in [9.17, 15) is 0 Å². The van der Waals surface area contributed by atoms with Gasteiger partial charge in [0.1, 0.15) is 0 Å². The van der Waals surface area contributed by atoms with Gasteiger partial charge in [0.05, 0.1) is 6.04 Å². The summed E-state index contributed by atoms with van der Waals surface area (Å²) < 4.78 is 0. The smallest absolute Gasteiger partial charge is 0.0503 e. The van der Waals surface area contributed by atoms with Crippen LogP contribution in [0.5, 0.6) is 0 Å². The number of hydrogen-bond acceptors (Lipinski definition) is 1. The molecule has 1 nitrogen and oxygen atoms in total. The molecule has 1 rings (SSSR count). The van der Waals surface area contributed by atoms with Crippen LogP contribution in [0.25, 0.3) is 0 Å². The van der Waals surface area contributed by atoms with Gasteiger partial charge in [0.15, 0.2) is 0 Å². The summed E-state index contributed by atoms with van der Waals surface area (Å²) in [4.78, 5) is 0. The molecule has 82 valence electrons. The third kappa shape index (κ3) is 3.88. The summed E-state index contributed by atoms with van der Waals surface area (Å²) in [5.41, 5.74) is 1.29. The van der Waals surface area contributed by atoms with Crippen molar-refractivity contribution in [3.63, 3.8) is 0 Å². The maximum absolute atomic E-state index is 3.88.